The van der Waals surface area contributed by atoms with Crippen LogP contribution in [0.15, 0.2) is 73.2 Å². The first kappa shape index (κ1) is 17.7. The molecule has 2 aromatic heterocycles. The number of nitrogens with one attached hydrogen (secondary N) is 1. The third-order valence-corrected chi connectivity index (χ3v) is 3.93. The number of alkyl halides is 3. The Morgan fingerprint density at radius 2 is 1.46 bits per heavy atom. The summed E-state index contributed by atoms with van der Waals surface area (Å²) < 4.78 is 43.4. The SMILES string of the molecule is FC(F)(F)c1ccc(Oc2ccc(Nc3ncnc4cccnc34)cc2)cc1. The van der Waals surface area contributed by atoms with Crippen LogP contribution in [0.5, 0.6) is 11.5 Å². The number of aromatic nitrogens is 3. The topological polar surface area (TPSA) is 59.9 Å². The Balaban J connectivity index is 1.48. The number of benzene rings is 2. The minimum atomic E-state index is -4.37. The molecule has 0 atom stereocenters. The van der Waals surface area contributed by atoms with E-state index in [9.17, 15) is 13.2 Å². The summed E-state index contributed by atoms with van der Waals surface area (Å²) in [5.41, 5.74) is 1.41. The number of rotatable bonds is 4. The summed E-state index contributed by atoms with van der Waals surface area (Å²) in [6.45, 7) is 0. The van der Waals surface area contributed by atoms with E-state index in [0.29, 0.717) is 22.8 Å². The second kappa shape index (κ2) is 7.15. The van der Waals surface area contributed by atoms with Crippen LogP contribution in [0.1, 0.15) is 5.56 Å². The minimum absolute atomic E-state index is 0.319. The molecule has 8 heteroatoms. The van der Waals surface area contributed by atoms with Crippen LogP contribution in [-0.2, 0) is 6.18 Å². The van der Waals surface area contributed by atoms with Gasteiger partial charge in [-0.15, -0.1) is 0 Å². The molecule has 1 N–H and O–H groups in total. The Bertz CT molecular complexity index is 1090. The van der Waals surface area contributed by atoms with E-state index in [1.165, 1.54) is 18.5 Å². The molecule has 0 unspecified atom stereocenters. The van der Waals surface area contributed by atoms with Crippen LogP contribution in [-0.4, -0.2) is 15.0 Å². The average molecular weight is 382 g/mol. The highest BCUT2D eigenvalue weighted by Crippen LogP contribution is 2.31. The number of hydrogen-bond acceptors (Lipinski definition) is 5. The van der Waals surface area contributed by atoms with Gasteiger partial charge in [-0.3, -0.25) is 4.98 Å². The molecule has 0 saturated carbocycles. The van der Waals surface area contributed by atoms with Crippen molar-refractivity contribution in [1.29, 1.82) is 0 Å². The van der Waals surface area contributed by atoms with E-state index in [1.807, 2.05) is 6.07 Å². The maximum absolute atomic E-state index is 12.6. The van der Waals surface area contributed by atoms with E-state index < -0.39 is 11.7 Å². The summed E-state index contributed by atoms with van der Waals surface area (Å²) in [7, 11) is 0. The monoisotopic (exact) mass is 382 g/mol. The van der Waals surface area contributed by atoms with Gasteiger partial charge in [-0.1, -0.05) is 0 Å². The van der Waals surface area contributed by atoms with E-state index in [0.717, 1.165) is 23.3 Å². The summed E-state index contributed by atoms with van der Waals surface area (Å²) in [5.74, 6) is 1.39. The first-order valence-corrected chi connectivity index (χ1v) is 8.27. The zero-order valence-electron chi connectivity index (χ0n) is 14.3. The van der Waals surface area contributed by atoms with Crippen LogP contribution >= 0.6 is 0 Å². The van der Waals surface area contributed by atoms with Crippen molar-refractivity contribution in [2.45, 2.75) is 6.18 Å². The van der Waals surface area contributed by atoms with Crippen LogP contribution in [0.25, 0.3) is 11.0 Å². The number of nitrogens with zero attached hydrogens (tertiary/aromatic N) is 3. The standard InChI is InChI=1S/C20H13F3N4O/c21-20(22,23)13-3-7-15(8-4-13)28-16-9-5-14(6-10-16)27-19-18-17(25-12-26-19)2-1-11-24-18/h1-12H,(H,25,26,27). The highest BCUT2D eigenvalue weighted by molar-refractivity contribution is 5.86. The molecule has 4 aromatic rings. The van der Waals surface area contributed by atoms with Crippen molar-refractivity contribution in [3.8, 4) is 11.5 Å². The molecule has 0 aliphatic carbocycles. The van der Waals surface area contributed by atoms with Crippen molar-refractivity contribution in [3.63, 3.8) is 0 Å². The number of halogens is 3. The van der Waals surface area contributed by atoms with Crippen LogP contribution in [0, 0.1) is 0 Å². The molecule has 0 spiro atoms. The van der Waals surface area contributed by atoms with Gasteiger partial charge in [-0.25, -0.2) is 9.97 Å². The first-order valence-electron chi connectivity index (χ1n) is 8.27. The lowest BCUT2D eigenvalue weighted by Crippen LogP contribution is -2.03. The van der Waals surface area contributed by atoms with Crippen LogP contribution in [0.2, 0.25) is 0 Å². The van der Waals surface area contributed by atoms with Crippen molar-refractivity contribution < 1.29 is 17.9 Å². The molecular formula is C20H13F3N4O. The van der Waals surface area contributed by atoms with Gasteiger partial charge in [0.1, 0.15) is 23.3 Å². The molecule has 4 rings (SSSR count). The molecular weight excluding hydrogens is 369 g/mol. The summed E-state index contributed by atoms with van der Waals surface area (Å²) >= 11 is 0. The van der Waals surface area contributed by atoms with Crippen LogP contribution in [0.4, 0.5) is 24.7 Å². The van der Waals surface area contributed by atoms with Gasteiger partial charge in [-0.05, 0) is 60.7 Å². The van der Waals surface area contributed by atoms with Gasteiger partial charge in [0.2, 0.25) is 0 Å². The molecule has 0 fully saturated rings. The molecule has 0 radical (unpaired) electrons. The van der Waals surface area contributed by atoms with Crippen molar-refractivity contribution >= 4 is 22.5 Å². The summed E-state index contributed by atoms with van der Waals surface area (Å²) in [5, 5.41) is 3.17. The number of anilines is 2. The number of fused-ring (bicyclic) bond motifs is 1. The predicted molar refractivity (Wildman–Crippen MR) is 98.6 cm³/mol. The Kier molecular flexibility index (Phi) is 4.52. The van der Waals surface area contributed by atoms with E-state index in [4.69, 9.17) is 4.74 Å². The zero-order valence-corrected chi connectivity index (χ0v) is 14.3. The maximum atomic E-state index is 12.6. The largest absolute Gasteiger partial charge is 0.457 e. The van der Waals surface area contributed by atoms with Crippen molar-refractivity contribution in [2.75, 3.05) is 5.32 Å². The molecule has 2 heterocycles. The zero-order chi connectivity index (χ0) is 19.6. The number of ether oxygens (including phenoxy) is 1. The highest BCUT2D eigenvalue weighted by atomic mass is 19.4. The quantitative estimate of drug-likeness (QED) is 0.499. The van der Waals surface area contributed by atoms with Gasteiger partial charge in [0.15, 0.2) is 5.82 Å². The first-order chi connectivity index (χ1) is 13.5. The fourth-order valence-corrected chi connectivity index (χ4v) is 2.58. The fourth-order valence-electron chi connectivity index (χ4n) is 2.58. The van der Waals surface area contributed by atoms with Gasteiger partial charge in [0.05, 0.1) is 11.1 Å². The normalized spacial score (nSPS) is 11.4. The van der Waals surface area contributed by atoms with Gasteiger partial charge in [0, 0.05) is 11.9 Å². The lowest BCUT2D eigenvalue weighted by atomic mass is 10.2. The highest BCUT2D eigenvalue weighted by Gasteiger charge is 2.30. The lowest BCUT2D eigenvalue weighted by Gasteiger charge is -2.10. The second-order valence-electron chi connectivity index (χ2n) is 5.87. The Morgan fingerprint density at radius 1 is 0.786 bits per heavy atom. The molecule has 28 heavy (non-hydrogen) atoms. The summed E-state index contributed by atoms with van der Waals surface area (Å²) in [6, 6.07) is 15.1. The molecule has 0 bridgehead atoms. The van der Waals surface area contributed by atoms with E-state index in [2.05, 4.69) is 20.3 Å². The minimum Gasteiger partial charge on any atom is -0.457 e. The van der Waals surface area contributed by atoms with E-state index >= 15 is 0 Å². The summed E-state index contributed by atoms with van der Waals surface area (Å²) in [6.07, 6.45) is -1.25. The number of hydrogen-bond donors (Lipinski definition) is 1. The van der Waals surface area contributed by atoms with Crippen molar-refractivity contribution in [1.82, 2.24) is 15.0 Å². The average Bonchev–Trinajstić information content (AvgIpc) is 2.69. The third-order valence-electron chi connectivity index (χ3n) is 3.93. The molecule has 0 amide bonds. The Labute approximate surface area is 157 Å². The van der Waals surface area contributed by atoms with E-state index in [-0.39, 0.29) is 0 Å². The third kappa shape index (κ3) is 3.85. The second-order valence-corrected chi connectivity index (χ2v) is 5.87. The summed E-state index contributed by atoms with van der Waals surface area (Å²) in [4.78, 5) is 12.7. The Hall–Kier alpha value is -3.68. The van der Waals surface area contributed by atoms with Crippen molar-refractivity contribution in [2.24, 2.45) is 0 Å². The molecule has 5 nitrogen and oxygen atoms in total. The number of pyridine rings is 1. The van der Waals surface area contributed by atoms with Gasteiger partial charge in [0.25, 0.3) is 0 Å². The smallest absolute Gasteiger partial charge is 0.416 e. The van der Waals surface area contributed by atoms with Crippen LogP contribution < -0.4 is 10.1 Å². The van der Waals surface area contributed by atoms with Gasteiger partial charge >= 0.3 is 6.18 Å². The lowest BCUT2D eigenvalue weighted by molar-refractivity contribution is -0.137. The Morgan fingerprint density at radius 3 is 2.14 bits per heavy atom. The molecule has 2 aromatic carbocycles. The van der Waals surface area contributed by atoms with Crippen molar-refractivity contribution in [3.05, 3.63) is 78.8 Å². The fraction of sp³-hybridized carbons (Fsp3) is 0.0500. The molecule has 0 aliphatic rings. The predicted octanol–water partition coefficient (Wildman–Crippen LogP) is 5.58. The molecule has 0 saturated heterocycles. The van der Waals surface area contributed by atoms with E-state index in [1.54, 1.807) is 36.5 Å². The molecule has 140 valence electrons. The van der Waals surface area contributed by atoms with Gasteiger partial charge in [-0.2, -0.15) is 13.2 Å². The van der Waals surface area contributed by atoms with Crippen LogP contribution in [0.3, 0.4) is 0 Å². The molecule has 0 aliphatic heterocycles. The van der Waals surface area contributed by atoms with Gasteiger partial charge < -0.3 is 10.1 Å². The maximum Gasteiger partial charge on any atom is 0.416 e.